The number of para-hydroxylation sites is 1. The summed E-state index contributed by atoms with van der Waals surface area (Å²) in [6.45, 7) is 0. The molecule has 1 aromatic heterocycles. The lowest BCUT2D eigenvalue weighted by Crippen LogP contribution is -2.50. The van der Waals surface area contributed by atoms with Crippen LogP contribution in [-0.4, -0.2) is 17.1 Å². The number of rotatable bonds is 2. The van der Waals surface area contributed by atoms with Crippen molar-refractivity contribution in [1.82, 2.24) is 4.98 Å². The van der Waals surface area contributed by atoms with Crippen molar-refractivity contribution >= 4 is 10.9 Å². The Morgan fingerprint density at radius 3 is 2.00 bits per heavy atom. The Balaban J connectivity index is 2.69. The summed E-state index contributed by atoms with van der Waals surface area (Å²) in [5.74, 6) is -11.6. The Kier molecular flexibility index (Phi) is 3.14. The molecule has 1 aromatic carbocycles. The van der Waals surface area contributed by atoms with Gasteiger partial charge in [-0.15, -0.1) is 0 Å². The first-order chi connectivity index (χ1) is 9.09. The minimum absolute atomic E-state index is 0.0948. The number of benzene rings is 1. The van der Waals surface area contributed by atoms with Crippen LogP contribution in [0, 0.1) is 0 Å². The van der Waals surface area contributed by atoms with Crippen LogP contribution >= 0.6 is 0 Å². The van der Waals surface area contributed by atoms with Gasteiger partial charge in [-0.25, -0.2) is 0 Å². The van der Waals surface area contributed by atoms with Gasteiger partial charge in [-0.05, 0) is 12.1 Å². The van der Waals surface area contributed by atoms with Crippen LogP contribution in [0.3, 0.4) is 0 Å². The second-order valence-electron chi connectivity index (χ2n) is 4.02. The molecule has 2 rings (SSSR count). The van der Waals surface area contributed by atoms with E-state index in [0.29, 0.717) is 6.07 Å². The lowest BCUT2D eigenvalue weighted by Gasteiger charge is -2.29. The molecule has 1 heterocycles. The molecule has 2 aromatic rings. The zero-order valence-electron chi connectivity index (χ0n) is 9.56. The summed E-state index contributed by atoms with van der Waals surface area (Å²) in [6.07, 6.45) is -5.60. The van der Waals surface area contributed by atoms with Crippen LogP contribution < -0.4 is 0 Å². The van der Waals surface area contributed by atoms with Gasteiger partial charge in [0.25, 0.3) is 0 Å². The van der Waals surface area contributed by atoms with Crippen molar-refractivity contribution in [3.63, 3.8) is 0 Å². The highest BCUT2D eigenvalue weighted by Gasteiger charge is 2.73. The highest BCUT2D eigenvalue weighted by molar-refractivity contribution is 5.82. The third kappa shape index (κ3) is 1.99. The molecule has 0 aliphatic heterocycles. The maximum Gasteiger partial charge on any atom is 0.460 e. The van der Waals surface area contributed by atoms with E-state index in [1.165, 1.54) is 18.2 Å². The fraction of sp³-hybridized carbons (Fsp3) is 0.250. The molecule has 0 aliphatic rings. The van der Waals surface area contributed by atoms with E-state index in [1.54, 1.807) is 0 Å². The van der Waals surface area contributed by atoms with Crippen molar-refractivity contribution in [2.75, 3.05) is 0 Å². The van der Waals surface area contributed by atoms with Crippen LogP contribution in [0.25, 0.3) is 10.9 Å². The largest absolute Gasteiger partial charge is 0.460 e. The lowest BCUT2D eigenvalue weighted by molar-refractivity contribution is -0.359. The van der Waals surface area contributed by atoms with Crippen molar-refractivity contribution in [1.29, 1.82) is 0 Å². The highest BCUT2D eigenvalue weighted by Crippen LogP contribution is 2.52. The van der Waals surface area contributed by atoms with E-state index >= 15 is 0 Å². The molecule has 0 spiro atoms. The first-order valence-electron chi connectivity index (χ1n) is 5.25. The normalized spacial score (nSPS) is 13.8. The average Bonchev–Trinajstić information content (AvgIpc) is 2.36. The van der Waals surface area contributed by atoms with Gasteiger partial charge in [-0.1, -0.05) is 18.2 Å². The van der Waals surface area contributed by atoms with Crippen LogP contribution in [0.1, 0.15) is 5.56 Å². The Hall–Kier alpha value is -1.86. The number of halogens is 7. The fourth-order valence-corrected chi connectivity index (χ4v) is 1.72. The number of pyridine rings is 1. The number of fused-ring (bicyclic) bond motifs is 1. The molecular weight excluding hydrogens is 291 g/mol. The summed E-state index contributed by atoms with van der Waals surface area (Å²) in [5, 5.41) is -0.455. The maximum atomic E-state index is 13.7. The molecule has 0 saturated heterocycles. The molecular formula is C12H6F7N. The Morgan fingerprint density at radius 2 is 1.40 bits per heavy atom. The van der Waals surface area contributed by atoms with Crippen LogP contribution in [0.15, 0.2) is 36.5 Å². The predicted molar refractivity (Wildman–Crippen MR) is 56.6 cm³/mol. The summed E-state index contributed by atoms with van der Waals surface area (Å²) in [7, 11) is 0. The average molecular weight is 297 g/mol. The number of alkyl halides is 7. The van der Waals surface area contributed by atoms with Gasteiger partial charge in [-0.3, -0.25) is 4.98 Å². The first-order valence-corrected chi connectivity index (χ1v) is 5.25. The van der Waals surface area contributed by atoms with Gasteiger partial charge in [0.05, 0.1) is 5.52 Å². The predicted octanol–water partition coefficient (Wildman–Crippen LogP) is 4.52. The topological polar surface area (TPSA) is 12.9 Å². The number of aromatic nitrogens is 1. The molecule has 0 fully saturated rings. The Bertz CT molecular complexity index is 628. The summed E-state index contributed by atoms with van der Waals surface area (Å²) in [4.78, 5) is 3.64. The van der Waals surface area contributed by atoms with Crippen molar-refractivity contribution in [2.45, 2.75) is 18.0 Å². The smallest absolute Gasteiger partial charge is 0.256 e. The number of hydrogen-bond acceptors (Lipinski definition) is 1. The summed E-state index contributed by atoms with van der Waals surface area (Å²) >= 11 is 0. The van der Waals surface area contributed by atoms with Crippen molar-refractivity contribution in [3.8, 4) is 0 Å². The Labute approximate surface area is 108 Å². The van der Waals surface area contributed by atoms with Crippen LogP contribution in [0.4, 0.5) is 30.7 Å². The van der Waals surface area contributed by atoms with E-state index in [0.717, 1.165) is 12.3 Å². The van der Waals surface area contributed by atoms with Crippen molar-refractivity contribution in [3.05, 3.63) is 42.1 Å². The van der Waals surface area contributed by atoms with Gasteiger partial charge in [0.15, 0.2) is 0 Å². The molecule has 0 atom stereocenters. The number of hydrogen-bond donors (Lipinski definition) is 0. The molecule has 20 heavy (non-hydrogen) atoms. The minimum Gasteiger partial charge on any atom is -0.256 e. The minimum atomic E-state index is -6.36. The third-order valence-electron chi connectivity index (χ3n) is 2.74. The first kappa shape index (κ1) is 14.5. The monoisotopic (exact) mass is 297 g/mol. The van der Waals surface area contributed by atoms with Gasteiger partial charge in [0, 0.05) is 17.1 Å². The van der Waals surface area contributed by atoms with Crippen molar-refractivity contribution in [2.24, 2.45) is 0 Å². The van der Waals surface area contributed by atoms with E-state index in [4.69, 9.17) is 0 Å². The van der Waals surface area contributed by atoms with Gasteiger partial charge in [0.2, 0.25) is 0 Å². The summed E-state index contributed by atoms with van der Waals surface area (Å²) < 4.78 is 89.9. The summed E-state index contributed by atoms with van der Waals surface area (Å²) in [5.41, 5.74) is -1.51. The molecule has 1 nitrogen and oxygen atoms in total. The molecule has 0 N–H and O–H groups in total. The molecule has 0 saturated carbocycles. The number of nitrogens with zero attached hydrogens (tertiary/aromatic N) is 1. The van der Waals surface area contributed by atoms with E-state index < -0.39 is 29.0 Å². The van der Waals surface area contributed by atoms with Gasteiger partial charge < -0.3 is 0 Å². The molecule has 8 heteroatoms. The van der Waals surface area contributed by atoms with Gasteiger partial charge in [0.1, 0.15) is 0 Å². The molecule has 0 amide bonds. The zero-order valence-corrected chi connectivity index (χ0v) is 9.56. The Morgan fingerprint density at radius 1 is 0.800 bits per heavy atom. The highest BCUT2D eigenvalue weighted by atomic mass is 19.4. The van der Waals surface area contributed by atoms with Gasteiger partial charge in [-0.2, -0.15) is 30.7 Å². The third-order valence-corrected chi connectivity index (χ3v) is 2.74. The quantitative estimate of drug-likeness (QED) is 0.742. The summed E-state index contributed by atoms with van der Waals surface area (Å²) in [6, 6.07) is 5.36. The molecule has 0 radical (unpaired) electrons. The molecule has 108 valence electrons. The fourth-order valence-electron chi connectivity index (χ4n) is 1.72. The van der Waals surface area contributed by atoms with Gasteiger partial charge >= 0.3 is 18.0 Å². The van der Waals surface area contributed by atoms with E-state index in [9.17, 15) is 30.7 Å². The second-order valence-corrected chi connectivity index (χ2v) is 4.02. The maximum absolute atomic E-state index is 13.7. The molecule has 0 bridgehead atoms. The zero-order chi connectivity index (χ0) is 15.2. The SMILES string of the molecule is FC(F)(F)C(F)(F)C(F)(F)c1ccnc2ccccc12. The van der Waals surface area contributed by atoms with E-state index in [-0.39, 0.29) is 5.52 Å². The van der Waals surface area contributed by atoms with E-state index in [2.05, 4.69) is 4.98 Å². The van der Waals surface area contributed by atoms with Crippen LogP contribution in [0.2, 0.25) is 0 Å². The standard InChI is InChI=1S/C12H6F7N/c13-10(14,11(15,16)12(17,18)19)8-5-6-20-9-4-2-1-3-7(8)9/h1-6H. The van der Waals surface area contributed by atoms with E-state index in [1.807, 2.05) is 0 Å². The second kappa shape index (κ2) is 4.32. The van der Waals surface area contributed by atoms with Crippen LogP contribution in [0.5, 0.6) is 0 Å². The van der Waals surface area contributed by atoms with Crippen LogP contribution in [-0.2, 0) is 5.92 Å². The van der Waals surface area contributed by atoms with Crippen molar-refractivity contribution < 1.29 is 30.7 Å². The molecule has 0 aliphatic carbocycles. The lowest BCUT2D eigenvalue weighted by atomic mass is 9.98. The molecule has 0 unspecified atom stereocenters.